The highest BCUT2D eigenvalue weighted by molar-refractivity contribution is 5.39. The van der Waals surface area contributed by atoms with Crippen LogP contribution in [0.25, 0.3) is 11.6 Å². The number of aromatic nitrogens is 5. The summed E-state index contributed by atoms with van der Waals surface area (Å²) < 4.78 is 9.93. The molecule has 0 aliphatic carbocycles. The van der Waals surface area contributed by atoms with E-state index in [-0.39, 0.29) is 6.04 Å². The topological polar surface area (TPSA) is 116 Å². The van der Waals surface area contributed by atoms with Crippen LogP contribution in [0.2, 0.25) is 0 Å². The molecule has 3 N–H and O–H groups in total. The van der Waals surface area contributed by atoms with E-state index < -0.39 is 0 Å². The lowest BCUT2D eigenvalue weighted by Crippen LogP contribution is -2.28. The van der Waals surface area contributed by atoms with Gasteiger partial charge in [-0.15, -0.1) is 0 Å². The predicted molar refractivity (Wildman–Crippen MR) is 53.2 cm³/mol. The molecule has 2 heterocycles. The monoisotopic (exact) mass is 224 g/mol. The molecule has 0 radical (unpaired) electrons. The summed E-state index contributed by atoms with van der Waals surface area (Å²) in [5.41, 5.74) is 5.76. The summed E-state index contributed by atoms with van der Waals surface area (Å²) in [6.07, 6.45) is 1.84. The second kappa shape index (κ2) is 4.81. The zero-order valence-electron chi connectivity index (χ0n) is 8.75. The largest absolute Gasteiger partial charge is 0.383 e. The first-order valence-corrected chi connectivity index (χ1v) is 4.72. The maximum atomic E-state index is 5.76. The highest BCUT2D eigenvalue weighted by Gasteiger charge is 2.13. The molecule has 8 nitrogen and oxygen atoms in total. The van der Waals surface area contributed by atoms with Gasteiger partial charge in [-0.3, -0.25) is 5.10 Å². The van der Waals surface area contributed by atoms with E-state index in [0.29, 0.717) is 30.6 Å². The number of hydrogen-bond acceptors (Lipinski definition) is 7. The molecule has 0 amide bonds. The van der Waals surface area contributed by atoms with Crippen LogP contribution in [0.15, 0.2) is 10.9 Å². The Morgan fingerprint density at radius 3 is 3.19 bits per heavy atom. The van der Waals surface area contributed by atoms with Gasteiger partial charge in [0.1, 0.15) is 6.33 Å². The molecule has 0 spiro atoms. The van der Waals surface area contributed by atoms with Gasteiger partial charge in [0, 0.05) is 19.6 Å². The third-order valence-electron chi connectivity index (χ3n) is 1.91. The summed E-state index contributed by atoms with van der Waals surface area (Å²) >= 11 is 0. The molecule has 0 aliphatic heterocycles. The molecule has 1 atom stereocenters. The second-order valence-electron chi connectivity index (χ2n) is 3.27. The third kappa shape index (κ3) is 2.41. The van der Waals surface area contributed by atoms with Crippen LogP contribution in [0.4, 0.5) is 0 Å². The van der Waals surface area contributed by atoms with Gasteiger partial charge in [-0.2, -0.15) is 10.1 Å². The number of methoxy groups -OCH3 is 1. The van der Waals surface area contributed by atoms with E-state index in [9.17, 15) is 0 Å². The molecule has 0 saturated carbocycles. The van der Waals surface area contributed by atoms with Gasteiger partial charge in [-0.25, -0.2) is 4.98 Å². The van der Waals surface area contributed by atoms with Gasteiger partial charge >= 0.3 is 0 Å². The fourth-order valence-corrected chi connectivity index (χ4v) is 1.24. The molecule has 16 heavy (non-hydrogen) atoms. The summed E-state index contributed by atoms with van der Waals surface area (Å²) in [7, 11) is 1.59. The maximum absolute atomic E-state index is 5.76. The van der Waals surface area contributed by atoms with Gasteiger partial charge in [0.2, 0.25) is 11.7 Å². The predicted octanol–water partition coefficient (Wildman–Crippen LogP) is -0.629. The van der Waals surface area contributed by atoms with Crippen LogP contribution < -0.4 is 5.73 Å². The quantitative estimate of drug-likeness (QED) is 0.694. The third-order valence-corrected chi connectivity index (χ3v) is 1.91. The van der Waals surface area contributed by atoms with Crippen molar-refractivity contribution in [1.82, 2.24) is 25.3 Å². The maximum Gasteiger partial charge on any atom is 0.239 e. The van der Waals surface area contributed by atoms with Gasteiger partial charge in [-0.1, -0.05) is 5.16 Å². The lowest BCUT2D eigenvalue weighted by atomic mass is 10.2. The van der Waals surface area contributed by atoms with Crippen molar-refractivity contribution in [2.24, 2.45) is 5.73 Å². The van der Waals surface area contributed by atoms with Gasteiger partial charge in [0.05, 0.1) is 6.61 Å². The van der Waals surface area contributed by atoms with Crippen LogP contribution in [0.1, 0.15) is 5.89 Å². The van der Waals surface area contributed by atoms with Crippen LogP contribution in [-0.4, -0.2) is 45.1 Å². The standard InChI is InChI=1S/C8H12N6O2/c1-15-3-5(9)2-6-12-8(14-16-6)7-10-4-11-13-7/h4-5H,2-3,9H2,1H3,(H,10,11,13). The Morgan fingerprint density at radius 2 is 2.50 bits per heavy atom. The van der Waals surface area contributed by atoms with Crippen molar-refractivity contribution in [1.29, 1.82) is 0 Å². The van der Waals surface area contributed by atoms with Crippen molar-refractivity contribution >= 4 is 0 Å². The Hall–Kier alpha value is -1.80. The van der Waals surface area contributed by atoms with E-state index in [2.05, 4.69) is 25.3 Å². The van der Waals surface area contributed by atoms with E-state index in [1.165, 1.54) is 6.33 Å². The highest BCUT2D eigenvalue weighted by Crippen LogP contribution is 2.09. The van der Waals surface area contributed by atoms with Crippen LogP contribution >= 0.6 is 0 Å². The highest BCUT2D eigenvalue weighted by atomic mass is 16.5. The molecule has 0 saturated heterocycles. The molecular formula is C8H12N6O2. The average Bonchev–Trinajstić information content (AvgIpc) is 2.86. The Morgan fingerprint density at radius 1 is 1.62 bits per heavy atom. The molecular weight excluding hydrogens is 212 g/mol. The van der Waals surface area contributed by atoms with Gasteiger partial charge < -0.3 is 15.0 Å². The van der Waals surface area contributed by atoms with Crippen LogP contribution in [0, 0.1) is 0 Å². The van der Waals surface area contributed by atoms with E-state index in [1.54, 1.807) is 7.11 Å². The van der Waals surface area contributed by atoms with Crippen LogP contribution in [0.3, 0.4) is 0 Å². The number of rotatable bonds is 5. The summed E-state index contributed by atoms with van der Waals surface area (Å²) in [6.45, 7) is 0.444. The number of nitrogens with zero attached hydrogens (tertiary/aromatic N) is 4. The fourth-order valence-electron chi connectivity index (χ4n) is 1.24. The Kier molecular flexibility index (Phi) is 3.22. The Labute approximate surface area is 91.2 Å². The van der Waals surface area contributed by atoms with E-state index in [0.717, 1.165) is 0 Å². The fraction of sp³-hybridized carbons (Fsp3) is 0.500. The van der Waals surface area contributed by atoms with Crippen molar-refractivity contribution in [3.05, 3.63) is 12.2 Å². The minimum Gasteiger partial charge on any atom is -0.383 e. The Balaban J connectivity index is 2.03. The van der Waals surface area contributed by atoms with E-state index in [1.807, 2.05) is 0 Å². The summed E-state index contributed by atoms with van der Waals surface area (Å²) in [6, 6.07) is -0.159. The van der Waals surface area contributed by atoms with Crippen LogP contribution in [0.5, 0.6) is 0 Å². The second-order valence-corrected chi connectivity index (χ2v) is 3.27. The zero-order chi connectivity index (χ0) is 11.4. The minimum absolute atomic E-state index is 0.159. The summed E-state index contributed by atoms with van der Waals surface area (Å²) in [5.74, 6) is 1.29. The lowest BCUT2D eigenvalue weighted by molar-refractivity contribution is 0.176. The average molecular weight is 224 g/mol. The van der Waals surface area contributed by atoms with E-state index in [4.69, 9.17) is 15.0 Å². The number of ether oxygens (including phenoxy) is 1. The summed E-state index contributed by atoms with van der Waals surface area (Å²) in [4.78, 5) is 8.04. The first kappa shape index (κ1) is 10.7. The molecule has 8 heteroatoms. The van der Waals surface area contributed by atoms with Crippen molar-refractivity contribution < 1.29 is 9.26 Å². The minimum atomic E-state index is -0.159. The number of nitrogens with one attached hydrogen (secondary N) is 1. The molecule has 2 aromatic rings. The molecule has 2 aromatic heterocycles. The molecule has 86 valence electrons. The zero-order valence-corrected chi connectivity index (χ0v) is 8.75. The number of hydrogen-bond donors (Lipinski definition) is 2. The molecule has 0 aliphatic rings. The summed E-state index contributed by atoms with van der Waals surface area (Å²) in [5, 5.41) is 10.1. The van der Waals surface area contributed by atoms with Crippen molar-refractivity contribution in [2.45, 2.75) is 12.5 Å². The van der Waals surface area contributed by atoms with Gasteiger partial charge in [0.15, 0.2) is 5.82 Å². The SMILES string of the molecule is COCC(N)Cc1nc(-c2ncn[nH]2)no1. The smallest absolute Gasteiger partial charge is 0.239 e. The molecule has 0 fully saturated rings. The number of aromatic amines is 1. The number of nitrogens with two attached hydrogens (primary N) is 1. The molecule has 0 aromatic carbocycles. The molecule has 0 bridgehead atoms. The van der Waals surface area contributed by atoms with Crippen LogP contribution in [-0.2, 0) is 11.2 Å². The van der Waals surface area contributed by atoms with Crippen molar-refractivity contribution in [2.75, 3.05) is 13.7 Å². The van der Waals surface area contributed by atoms with Crippen molar-refractivity contribution in [3.63, 3.8) is 0 Å². The molecule has 2 rings (SSSR count). The molecule has 1 unspecified atom stereocenters. The number of H-pyrrole nitrogens is 1. The van der Waals surface area contributed by atoms with Crippen molar-refractivity contribution in [3.8, 4) is 11.6 Å². The van der Waals surface area contributed by atoms with Gasteiger partial charge in [0.25, 0.3) is 0 Å². The first-order chi connectivity index (χ1) is 7.79. The van der Waals surface area contributed by atoms with E-state index >= 15 is 0 Å². The lowest BCUT2D eigenvalue weighted by Gasteiger charge is -2.05. The van der Waals surface area contributed by atoms with Gasteiger partial charge in [-0.05, 0) is 0 Å². The Bertz CT molecular complexity index is 425. The first-order valence-electron chi connectivity index (χ1n) is 4.72. The normalized spacial score (nSPS) is 12.9.